The molecule has 0 saturated carbocycles. The maximum atomic E-state index is 4.40. The number of hydrogen-bond donors (Lipinski definition) is 0. The van der Waals surface area contributed by atoms with Gasteiger partial charge in [-0.1, -0.05) is 6.07 Å². The van der Waals surface area contributed by atoms with E-state index in [2.05, 4.69) is 16.0 Å². The molecule has 0 radical (unpaired) electrons. The SMILES string of the molecule is CC1=NCc2ccc(C)nc21. The van der Waals surface area contributed by atoms with Gasteiger partial charge in [0.05, 0.1) is 18.0 Å². The molecule has 2 nitrogen and oxygen atoms in total. The van der Waals surface area contributed by atoms with Crippen molar-refractivity contribution in [3.63, 3.8) is 0 Å². The number of hydrogen-bond acceptors (Lipinski definition) is 2. The second kappa shape index (κ2) is 2.16. The van der Waals surface area contributed by atoms with E-state index in [1.165, 1.54) is 5.56 Å². The number of rotatable bonds is 0. The summed E-state index contributed by atoms with van der Waals surface area (Å²) >= 11 is 0. The summed E-state index contributed by atoms with van der Waals surface area (Å²) < 4.78 is 0. The van der Waals surface area contributed by atoms with Gasteiger partial charge in [0.1, 0.15) is 0 Å². The highest BCUT2D eigenvalue weighted by molar-refractivity contribution is 6.00. The summed E-state index contributed by atoms with van der Waals surface area (Å²) in [6, 6.07) is 4.14. The number of aryl methyl sites for hydroxylation is 1. The van der Waals surface area contributed by atoms with Crippen LogP contribution < -0.4 is 0 Å². The van der Waals surface area contributed by atoms with Gasteiger partial charge in [-0.25, -0.2) is 0 Å². The molecule has 2 rings (SSSR count). The minimum Gasteiger partial charge on any atom is -0.283 e. The summed E-state index contributed by atoms with van der Waals surface area (Å²) in [7, 11) is 0. The van der Waals surface area contributed by atoms with Crippen molar-refractivity contribution in [2.75, 3.05) is 0 Å². The lowest BCUT2D eigenvalue weighted by Gasteiger charge is -1.98. The number of nitrogens with zero attached hydrogens (tertiary/aromatic N) is 2. The molecule has 0 unspecified atom stereocenters. The molecular formula is C9H10N2. The first-order valence-electron chi connectivity index (χ1n) is 3.75. The lowest BCUT2D eigenvalue weighted by atomic mass is 10.1. The van der Waals surface area contributed by atoms with Gasteiger partial charge >= 0.3 is 0 Å². The van der Waals surface area contributed by atoms with Gasteiger partial charge in [0.2, 0.25) is 0 Å². The zero-order valence-corrected chi connectivity index (χ0v) is 6.76. The molecule has 0 spiro atoms. The van der Waals surface area contributed by atoms with Crippen molar-refractivity contribution in [2.45, 2.75) is 20.4 Å². The largest absolute Gasteiger partial charge is 0.283 e. The molecule has 0 saturated heterocycles. The van der Waals surface area contributed by atoms with Crippen LogP contribution in [0.1, 0.15) is 23.9 Å². The van der Waals surface area contributed by atoms with E-state index in [1.807, 2.05) is 19.9 Å². The maximum Gasteiger partial charge on any atom is 0.0891 e. The standard InChI is InChI=1S/C9H10N2/c1-6-3-4-8-5-10-7(2)9(8)11-6/h3-4H,5H2,1-2H3. The summed E-state index contributed by atoms with van der Waals surface area (Å²) in [5.41, 5.74) is 4.49. The van der Waals surface area contributed by atoms with Crippen molar-refractivity contribution < 1.29 is 0 Å². The van der Waals surface area contributed by atoms with E-state index >= 15 is 0 Å². The van der Waals surface area contributed by atoms with Crippen LogP contribution in [-0.4, -0.2) is 10.7 Å². The Balaban J connectivity index is 2.60. The Labute approximate surface area is 66.0 Å². The molecule has 1 aliphatic heterocycles. The molecular weight excluding hydrogens is 136 g/mol. The monoisotopic (exact) mass is 146 g/mol. The van der Waals surface area contributed by atoms with Gasteiger partial charge in [-0.15, -0.1) is 0 Å². The third-order valence-electron chi connectivity index (χ3n) is 1.95. The smallest absolute Gasteiger partial charge is 0.0891 e. The fraction of sp³-hybridized carbons (Fsp3) is 0.333. The maximum absolute atomic E-state index is 4.40. The normalized spacial score (nSPS) is 14.5. The summed E-state index contributed by atoms with van der Waals surface area (Å²) in [6.45, 7) is 4.83. The molecule has 0 bridgehead atoms. The van der Waals surface area contributed by atoms with Crippen molar-refractivity contribution in [3.8, 4) is 0 Å². The van der Waals surface area contributed by atoms with Gasteiger partial charge in [-0.2, -0.15) is 0 Å². The van der Waals surface area contributed by atoms with Crippen LogP contribution in [-0.2, 0) is 6.54 Å². The Hall–Kier alpha value is -1.18. The topological polar surface area (TPSA) is 25.2 Å². The van der Waals surface area contributed by atoms with Crippen molar-refractivity contribution in [1.29, 1.82) is 0 Å². The van der Waals surface area contributed by atoms with Crippen molar-refractivity contribution >= 4 is 5.71 Å². The fourth-order valence-corrected chi connectivity index (χ4v) is 1.31. The Morgan fingerprint density at radius 2 is 2.09 bits per heavy atom. The third kappa shape index (κ3) is 0.946. The van der Waals surface area contributed by atoms with Crippen LogP contribution in [0.15, 0.2) is 17.1 Å². The molecule has 0 aromatic carbocycles. The van der Waals surface area contributed by atoms with Crippen LogP contribution in [0.5, 0.6) is 0 Å². The molecule has 0 atom stereocenters. The molecule has 1 aromatic rings. The van der Waals surface area contributed by atoms with E-state index in [0.29, 0.717) is 0 Å². The molecule has 2 heterocycles. The first-order valence-corrected chi connectivity index (χ1v) is 3.75. The summed E-state index contributed by atoms with van der Waals surface area (Å²) in [6.07, 6.45) is 0. The summed E-state index contributed by atoms with van der Waals surface area (Å²) in [5.74, 6) is 0. The number of aliphatic imine (C=N–C) groups is 1. The Kier molecular flexibility index (Phi) is 1.28. The van der Waals surface area contributed by atoms with Crippen LogP contribution in [0, 0.1) is 6.92 Å². The number of aromatic nitrogens is 1. The second-order valence-electron chi connectivity index (χ2n) is 2.86. The van der Waals surface area contributed by atoms with Gasteiger partial charge in [-0.05, 0) is 19.9 Å². The van der Waals surface area contributed by atoms with Gasteiger partial charge in [0.25, 0.3) is 0 Å². The Bertz CT molecular complexity index is 326. The first kappa shape index (κ1) is 6.53. The molecule has 0 N–H and O–H groups in total. The molecule has 0 aliphatic carbocycles. The van der Waals surface area contributed by atoms with Gasteiger partial charge in [0.15, 0.2) is 0 Å². The van der Waals surface area contributed by atoms with Crippen LogP contribution in [0.4, 0.5) is 0 Å². The lowest BCUT2D eigenvalue weighted by Crippen LogP contribution is -1.97. The second-order valence-corrected chi connectivity index (χ2v) is 2.86. The predicted molar refractivity (Wildman–Crippen MR) is 44.9 cm³/mol. The van der Waals surface area contributed by atoms with E-state index in [4.69, 9.17) is 0 Å². The zero-order chi connectivity index (χ0) is 7.84. The van der Waals surface area contributed by atoms with Crippen LogP contribution >= 0.6 is 0 Å². The van der Waals surface area contributed by atoms with E-state index in [9.17, 15) is 0 Å². The number of pyridine rings is 1. The quantitative estimate of drug-likeness (QED) is 0.547. The highest BCUT2D eigenvalue weighted by Gasteiger charge is 2.12. The molecule has 1 aliphatic rings. The van der Waals surface area contributed by atoms with Gasteiger partial charge in [0, 0.05) is 11.3 Å². The molecule has 1 aromatic heterocycles. The predicted octanol–water partition coefficient (Wildman–Crippen LogP) is 1.71. The van der Waals surface area contributed by atoms with Crippen molar-refractivity contribution in [1.82, 2.24) is 4.98 Å². The van der Waals surface area contributed by atoms with E-state index in [1.54, 1.807) is 0 Å². The summed E-state index contributed by atoms with van der Waals surface area (Å²) in [4.78, 5) is 8.70. The lowest BCUT2D eigenvalue weighted by molar-refractivity contribution is 1.08. The van der Waals surface area contributed by atoms with Crippen LogP contribution in [0.25, 0.3) is 0 Å². The summed E-state index contributed by atoms with van der Waals surface area (Å²) in [5, 5.41) is 0. The van der Waals surface area contributed by atoms with Crippen LogP contribution in [0.3, 0.4) is 0 Å². The molecule has 56 valence electrons. The van der Waals surface area contributed by atoms with Gasteiger partial charge < -0.3 is 0 Å². The molecule has 11 heavy (non-hydrogen) atoms. The van der Waals surface area contributed by atoms with Crippen molar-refractivity contribution in [2.24, 2.45) is 4.99 Å². The fourth-order valence-electron chi connectivity index (χ4n) is 1.31. The van der Waals surface area contributed by atoms with Crippen LogP contribution in [0.2, 0.25) is 0 Å². The minimum atomic E-state index is 0.814. The molecule has 0 amide bonds. The minimum absolute atomic E-state index is 0.814. The average Bonchev–Trinajstić information content (AvgIpc) is 2.33. The highest BCUT2D eigenvalue weighted by Crippen LogP contribution is 2.16. The van der Waals surface area contributed by atoms with E-state index in [-0.39, 0.29) is 0 Å². The van der Waals surface area contributed by atoms with Gasteiger partial charge in [-0.3, -0.25) is 9.98 Å². The molecule has 0 fully saturated rings. The van der Waals surface area contributed by atoms with E-state index in [0.717, 1.165) is 23.6 Å². The van der Waals surface area contributed by atoms with Crippen molar-refractivity contribution in [3.05, 3.63) is 29.1 Å². The average molecular weight is 146 g/mol. The number of fused-ring (bicyclic) bond motifs is 1. The highest BCUT2D eigenvalue weighted by atomic mass is 14.8. The Morgan fingerprint density at radius 1 is 1.27 bits per heavy atom. The first-order chi connectivity index (χ1) is 5.27. The third-order valence-corrected chi connectivity index (χ3v) is 1.95. The Morgan fingerprint density at radius 3 is 2.91 bits per heavy atom. The van der Waals surface area contributed by atoms with E-state index < -0.39 is 0 Å². The zero-order valence-electron chi connectivity index (χ0n) is 6.76. The molecule has 2 heteroatoms.